The van der Waals surface area contributed by atoms with Crippen LogP contribution in [0.4, 0.5) is 5.82 Å². The minimum atomic E-state index is 0.337. The van der Waals surface area contributed by atoms with Gasteiger partial charge < -0.3 is 20.6 Å². The second kappa shape index (κ2) is 10.9. The molecule has 1 aliphatic rings. The van der Waals surface area contributed by atoms with Crippen molar-refractivity contribution in [3.63, 3.8) is 0 Å². The summed E-state index contributed by atoms with van der Waals surface area (Å²) in [6, 6.07) is 5.89. The predicted molar refractivity (Wildman–Crippen MR) is 102 cm³/mol. The van der Waals surface area contributed by atoms with E-state index in [1.807, 2.05) is 44.2 Å². The Hall–Kier alpha value is -2.76. The number of allylic oxidation sites excluding steroid dienone is 6. The van der Waals surface area contributed by atoms with Crippen LogP contribution < -0.4 is 10.6 Å². The van der Waals surface area contributed by atoms with Gasteiger partial charge in [0.05, 0.1) is 5.76 Å². The maximum absolute atomic E-state index is 10.5. The first-order chi connectivity index (χ1) is 11.9. The van der Waals surface area contributed by atoms with Crippen molar-refractivity contribution in [1.29, 1.82) is 0 Å². The van der Waals surface area contributed by atoms with Crippen LogP contribution in [0.2, 0.25) is 0 Å². The Morgan fingerprint density at radius 3 is 2.36 bits per heavy atom. The number of aromatic nitrogens is 1. The van der Waals surface area contributed by atoms with Crippen molar-refractivity contribution in [3.05, 3.63) is 59.7 Å². The molecule has 0 spiro atoms. The van der Waals surface area contributed by atoms with Crippen LogP contribution in [0.15, 0.2) is 59.7 Å². The van der Waals surface area contributed by atoms with Crippen LogP contribution >= 0.6 is 0 Å². The summed E-state index contributed by atoms with van der Waals surface area (Å²) in [4.78, 5) is 18.8. The van der Waals surface area contributed by atoms with Crippen molar-refractivity contribution in [2.75, 3.05) is 31.1 Å². The standard InChI is InChI=1S/C10H13N3O.C9H15NO/c14-9-12-5-7-13(8-6-12)10-3-1-2-4-11-10;1-7(9(3)11)5-4-6-8(2)10/h1-4,9H,5-8H2;4-6,11H,10H2,1-3H3/b;5-4-,8-6+,9-7+. The molecule has 0 unspecified atom stereocenters. The van der Waals surface area contributed by atoms with Crippen LogP contribution in [0.5, 0.6) is 0 Å². The summed E-state index contributed by atoms with van der Waals surface area (Å²) in [7, 11) is 0. The van der Waals surface area contributed by atoms with Crippen LogP contribution in [0.1, 0.15) is 20.8 Å². The molecule has 2 rings (SSSR count). The number of hydrogen-bond donors (Lipinski definition) is 2. The number of piperazine rings is 1. The second-order valence-electron chi connectivity index (χ2n) is 5.85. The van der Waals surface area contributed by atoms with E-state index in [4.69, 9.17) is 10.8 Å². The normalized spacial score (nSPS) is 16.2. The summed E-state index contributed by atoms with van der Waals surface area (Å²) in [5.74, 6) is 1.34. The van der Waals surface area contributed by atoms with E-state index in [-0.39, 0.29) is 0 Å². The highest BCUT2D eigenvalue weighted by molar-refractivity contribution is 5.49. The molecule has 2 heterocycles. The Bertz CT molecular complexity index is 608. The number of carbonyl (C=O) groups excluding carboxylic acids is 1. The first kappa shape index (κ1) is 20.3. The molecule has 0 saturated carbocycles. The first-order valence-electron chi connectivity index (χ1n) is 8.26. The molecule has 1 fully saturated rings. The smallest absolute Gasteiger partial charge is 0.209 e. The number of hydrogen-bond acceptors (Lipinski definition) is 5. The van der Waals surface area contributed by atoms with Gasteiger partial charge >= 0.3 is 0 Å². The number of carbonyl (C=O) groups is 1. The number of amides is 1. The van der Waals surface area contributed by atoms with E-state index in [9.17, 15) is 4.79 Å². The van der Waals surface area contributed by atoms with Crippen molar-refractivity contribution < 1.29 is 9.90 Å². The van der Waals surface area contributed by atoms with Gasteiger partial charge in [-0.2, -0.15) is 0 Å². The number of rotatable bonds is 4. The molecule has 0 bridgehead atoms. The first-order valence-corrected chi connectivity index (χ1v) is 8.26. The van der Waals surface area contributed by atoms with E-state index in [1.165, 1.54) is 0 Å². The van der Waals surface area contributed by atoms with Gasteiger partial charge in [0.1, 0.15) is 5.82 Å². The van der Waals surface area contributed by atoms with Crippen molar-refractivity contribution in [1.82, 2.24) is 9.88 Å². The minimum absolute atomic E-state index is 0.337. The molecular weight excluding hydrogens is 316 g/mol. The van der Waals surface area contributed by atoms with Crippen LogP contribution in [0.25, 0.3) is 0 Å². The zero-order valence-electron chi connectivity index (χ0n) is 15.2. The number of anilines is 1. The van der Waals surface area contributed by atoms with Gasteiger partial charge in [-0.15, -0.1) is 0 Å². The molecule has 6 nitrogen and oxygen atoms in total. The third-order valence-electron chi connectivity index (χ3n) is 3.71. The number of aliphatic hydroxyl groups excluding tert-OH is 1. The van der Waals surface area contributed by atoms with Gasteiger partial charge in [0.25, 0.3) is 0 Å². The number of nitrogens with zero attached hydrogens (tertiary/aromatic N) is 3. The summed E-state index contributed by atoms with van der Waals surface area (Å²) in [5, 5.41) is 8.96. The van der Waals surface area contributed by atoms with Crippen LogP contribution in [0, 0.1) is 0 Å². The van der Waals surface area contributed by atoms with Gasteiger partial charge in [-0.1, -0.05) is 18.2 Å². The molecule has 1 aliphatic heterocycles. The summed E-state index contributed by atoms with van der Waals surface area (Å²) in [6.07, 6.45) is 8.11. The molecule has 136 valence electrons. The summed E-state index contributed by atoms with van der Waals surface area (Å²) < 4.78 is 0. The largest absolute Gasteiger partial charge is 0.512 e. The Morgan fingerprint density at radius 2 is 1.88 bits per heavy atom. The van der Waals surface area contributed by atoms with Crippen LogP contribution in [-0.2, 0) is 4.79 Å². The fourth-order valence-electron chi connectivity index (χ4n) is 2.06. The molecule has 0 aliphatic carbocycles. The maximum Gasteiger partial charge on any atom is 0.209 e. The zero-order chi connectivity index (χ0) is 18.7. The lowest BCUT2D eigenvalue weighted by molar-refractivity contribution is -0.118. The molecule has 1 aromatic rings. The maximum atomic E-state index is 10.5. The Labute approximate surface area is 150 Å². The van der Waals surface area contributed by atoms with Crippen molar-refractivity contribution in [2.24, 2.45) is 5.73 Å². The Balaban J connectivity index is 0.000000260. The zero-order valence-corrected chi connectivity index (χ0v) is 15.2. The lowest BCUT2D eigenvalue weighted by Gasteiger charge is -2.33. The molecule has 0 atom stereocenters. The molecule has 0 aromatic carbocycles. The van der Waals surface area contributed by atoms with Crippen LogP contribution in [-0.4, -0.2) is 47.6 Å². The highest BCUT2D eigenvalue weighted by Crippen LogP contribution is 2.11. The molecule has 1 amide bonds. The molecule has 0 radical (unpaired) electrons. The third kappa shape index (κ3) is 8.06. The van der Waals surface area contributed by atoms with Crippen molar-refractivity contribution in [3.8, 4) is 0 Å². The molecule has 25 heavy (non-hydrogen) atoms. The van der Waals surface area contributed by atoms with Gasteiger partial charge in [-0.25, -0.2) is 4.98 Å². The Morgan fingerprint density at radius 1 is 1.20 bits per heavy atom. The van der Waals surface area contributed by atoms with Crippen LogP contribution in [0.3, 0.4) is 0 Å². The van der Waals surface area contributed by atoms with E-state index in [0.29, 0.717) is 5.76 Å². The number of pyridine rings is 1. The van der Waals surface area contributed by atoms with Gasteiger partial charge in [-0.3, -0.25) is 4.79 Å². The van der Waals surface area contributed by atoms with E-state index in [1.54, 1.807) is 24.1 Å². The average molecular weight is 344 g/mol. The highest BCUT2D eigenvalue weighted by atomic mass is 16.3. The highest BCUT2D eigenvalue weighted by Gasteiger charge is 2.15. The second-order valence-corrected chi connectivity index (χ2v) is 5.85. The minimum Gasteiger partial charge on any atom is -0.512 e. The molecule has 6 heteroatoms. The van der Waals surface area contributed by atoms with E-state index >= 15 is 0 Å². The molecule has 1 saturated heterocycles. The SMILES string of the molecule is C\C(N)=C/C=C\C(C)=C(/C)O.O=CN1CCN(c2ccccn2)CC1. The topological polar surface area (TPSA) is 82.7 Å². The van der Waals surface area contributed by atoms with Gasteiger partial charge in [0, 0.05) is 38.1 Å². The van der Waals surface area contributed by atoms with Gasteiger partial charge in [0.15, 0.2) is 0 Å². The third-order valence-corrected chi connectivity index (χ3v) is 3.71. The summed E-state index contributed by atoms with van der Waals surface area (Å²) in [6.45, 7) is 8.63. The predicted octanol–water partition coefficient (Wildman–Crippen LogP) is 2.62. The number of aliphatic hydroxyl groups is 1. The summed E-state index contributed by atoms with van der Waals surface area (Å²) >= 11 is 0. The van der Waals surface area contributed by atoms with E-state index < -0.39 is 0 Å². The van der Waals surface area contributed by atoms with E-state index in [0.717, 1.165) is 49.7 Å². The van der Waals surface area contributed by atoms with Crippen molar-refractivity contribution >= 4 is 12.2 Å². The number of nitrogens with two attached hydrogens (primary N) is 1. The van der Waals surface area contributed by atoms with Crippen molar-refractivity contribution in [2.45, 2.75) is 20.8 Å². The molecule has 1 aromatic heterocycles. The summed E-state index contributed by atoms with van der Waals surface area (Å²) in [5.41, 5.74) is 6.99. The quantitative estimate of drug-likeness (QED) is 0.498. The lowest BCUT2D eigenvalue weighted by atomic mass is 10.2. The average Bonchev–Trinajstić information content (AvgIpc) is 2.62. The molecular formula is C19H28N4O2. The van der Waals surface area contributed by atoms with Gasteiger partial charge in [-0.05, 0) is 44.6 Å². The Kier molecular flexibility index (Phi) is 8.85. The van der Waals surface area contributed by atoms with Gasteiger partial charge in [0.2, 0.25) is 6.41 Å². The monoisotopic (exact) mass is 344 g/mol. The lowest BCUT2D eigenvalue weighted by Crippen LogP contribution is -2.45. The van der Waals surface area contributed by atoms with E-state index in [2.05, 4.69) is 9.88 Å². The fourth-order valence-corrected chi connectivity index (χ4v) is 2.06. The molecule has 3 N–H and O–H groups in total. The fraction of sp³-hybridized carbons (Fsp3) is 0.368.